The Morgan fingerprint density at radius 2 is 2.21 bits per heavy atom. The second-order valence-electron chi connectivity index (χ2n) is 3.19. The van der Waals surface area contributed by atoms with Gasteiger partial charge in [-0.25, -0.2) is 4.79 Å². The number of carboxylic acid groups (broad SMARTS) is 1. The molecule has 1 aromatic heterocycles. The minimum absolute atomic E-state index is 0.191. The predicted molar refractivity (Wildman–Crippen MR) is 48.5 cm³/mol. The van der Waals surface area contributed by atoms with Crippen LogP contribution in [0.2, 0.25) is 0 Å². The standard InChI is InChI=1S/C8H12N2O4/c1-10(2)4-3-5-6(8(12)13)7(11)9-14-5/h3-4H2,1-2H3,(H,9,11)(H,12,13). The summed E-state index contributed by atoms with van der Waals surface area (Å²) in [6.07, 6.45) is 0.396. The van der Waals surface area contributed by atoms with Crippen molar-refractivity contribution in [3.05, 3.63) is 21.7 Å². The van der Waals surface area contributed by atoms with E-state index in [4.69, 9.17) is 9.63 Å². The van der Waals surface area contributed by atoms with E-state index < -0.39 is 11.5 Å². The van der Waals surface area contributed by atoms with Crippen LogP contribution in [0.15, 0.2) is 9.32 Å². The van der Waals surface area contributed by atoms with Crippen LogP contribution >= 0.6 is 0 Å². The van der Waals surface area contributed by atoms with Crippen molar-refractivity contribution in [2.75, 3.05) is 20.6 Å². The highest BCUT2D eigenvalue weighted by molar-refractivity contribution is 5.88. The molecule has 0 aliphatic rings. The molecule has 0 aliphatic heterocycles. The Labute approximate surface area is 80.1 Å². The second kappa shape index (κ2) is 4.10. The predicted octanol–water partition coefficient (Wildman–Crippen LogP) is -0.230. The maximum atomic E-state index is 11.0. The van der Waals surface area contributed by atoms with Crippen molar-refractivity contribution in [2.24, 2.45) is 0 Å². The van der Waals surface area contributed by atoms with Crippen LogP contribution in [0.4, 0.5) is 0 Å². The number of hydrogen-bond acceptors (Lipinski definition) is 4. The Balaban J connectivity index is 2.87. The molecular weight excluding hydrogens is 188 g/mol. The largest absolute Gasteiger partial charge is 0.477 e. The Morgan fingerprint density at radius 3 is 2.71 bits per heavy atom. The molecule has 0 saturated heterocycles. The number of rotatable bonds is 4. The number of carbonyl (C=O) groups is 1. The molecule has 1 heterocycles. The highest BCUT2D eigenvalue weighted by Gasteiger charge is 2.19. The average molecular weight is 200 g/mol. The second-order valence-corrected chi connectivity index (χ2v) is 3.19. The molecule has 0 radical (unpaired) electrons. The number of aromatic nitrogens is 1. The number of hydrogen-bond donors (Lipinski definition) is 2. The molecule has 14 heavy (non-hydrogen) atoms. The van der Waals surface area contributed by atoms with Gasteiger partial charge in [0.15, 0.2) is 11.3 Å². The molecule has 0 spiro atoms. The molecule has 0 amide bonds. The first kappa shape index (κ1) is 10.5. The molecule has 0 aliphatic carbocycles. The van der Waals surface area contributed by atoms with Crippen LogP contribution in [0.1, 0.15) is 16.1 Å². The molecule has 0 bridgehead atoms. The van der Waals surface area contributed by atoms with Gasteiger partial charge in [-0.1, -0.05) is 0 Å². The molecular formula is C8H12N2O4. The van der Waals surface area contributed by atoms with Crippen molar-refractivity contribution < 1.29 is 14.4 Å². The van der Waals surface area contributed by atoms with Gasteiger partial charge in [0, 0.05) is 13.0 Å². The smallest absolute Gasteiger partial charge is 0.345 e. The van der Waals surface area contributed by atoms with E-state index in [9.17, 15) is 9.59 Å². The maximum absolute atomic E-state index is 11.0. The zero-order chi connectivity index (χ0) is 10.7. The van der Waals surface area contributed by atoms with Crippen LogP contribution in [0.5, 0.6) is 0 Å². The first-order valence-corrected chi connectivity index (χ1v) is 4.10. The first-order valence-electron chi connectivity index (χ1n) is 4.10. The van der Waals surface area contributed by atoms with E-state index in [0.29, 0.717) is 13.0 Å². The molecule has 1 rings (SSSR count). The third-order valence-corrected chi connectivity index (χ3v) is 1.77. The topological polar surface area (TPSA) is 86.5 Å². The lowest BCUT2D eigenvalue weighted by molar-refractivity contribution is 0.0693. The van der Waals surface area contributed by atoms with E-state index in [-0.39, 0.29) is 11.3 Å². The van der Waals surface area contributed by atoms with Gasteiger partial charge in [0.25, 0.3) is 5.56 Å². The number of aromatic carboxylic acids is 1. The lowest BCUT2D eigenvalue weighted by Crippen LogP contribution is -2.18. The van der Waals surface area contributed by atoms with Crippen molar-refractivity contribution in [2.45, 2.75) is 6.42 Å². The van der Waals surface area contributed by atoms with Crippen LogP contribution in [-0.4, -0.2) is 41.8 Å². The van der Waals surface area contributed by atoms with Gasteiger partial charge in [0.2, 0.25) is 0 Å². The van der Waals surface area contributed by atoms with Crippen LogP contribution < -0.4 is 5.56 Å². The molecule has 78 valence electrons. The van der Waals surface area contributed by atoms with Gasteiger partial charge in [-0.05, 0) is 14.1 Å². The summed E-state index contributed by atoms with van der Waals surface area (Å²) < 4.78 is 4.76. The summed E-state index contributed by atoms with van der Waals surface area (Å²) in [4.78, 5) is 23.5. The SMILES string of the molecule is CN(C)CCc1o[nH]c(=O)c1C(=O)O. The first-order chi connectivity index (χ1) is 6.52. The highest BCUT2D eigenvalue weighted by Crippen LogP contribution is 2.04. The van der Waals surface area contributed by atoms with E-state index in [2.05, 4.69) is 0 Å². The van der Waals surface area contributed by atoms with Crippen LogP contribution in [-0.2, 0) is 6.42 Å². The normalized spacial score (nSPS) is 10.8. The summed E-state index contributed by atoms with van der Waals surface area (Å²) in [5.41, 5.74) is -0.988. The molecule has 6 nitrogen and oxygen atoms in total. The fourth-order valence-corrected chi connectivity index (χ4v) is 1.05. The number of nitrogens with zero attached hydrogens (tertiary/aromatic N) is 1. The van der Waals surface area contributed by atoms with Crippen LogP contribution in [0, 0.1) is 0 Å². The van der Waals surface area contributed by atoms with Crippen molar-refractivity contribution in [3.8, 4) is 0 Å². The van der Waals surface area contributed by atoms with Crippen LogP contribution in [0.3, 0.4) is 0 Å². The summed E-state index contributed by atoms with van der Waals surface area (Å²) in [7, 11) is 3.70. The lowest BCUT2D eigenvalue weighted by atomic mass is 10.2. The molecule has 0 saturated carbocycles. The zero-order valence-electron chi connectivity index (χ0n) is 8.03. The Kier molecular flexibility index (Phi) is 3.08. The van der Waals surface area contributed by atoms with Gasteiger partial charge in [0.1, 0.15) is 0 Å². The lowest BCUT2D eigenvalue weighted by Gasteiger charge is -2.06. The molecule has 2 N–H and O–H groups in total. The fraction of sp³-hybridized carbons (Fsp3) is 0.500. The highest BCUT2D eigenvalue weighted by atomic mass is 16.5. The Morgan fingerprint density at radius 1 is 1.57 bits per heavy atom. The summed E-state index contributed by atoms with van der Waals surface area (Å²) in [6, 6.07) is 0. The van der Waals surface area contributed by atoms with Gasteiger partial charge in [-0.15, -0.1) is 0 Å². The van der Waals surface area contributed by atoms with Gasteiger partial charge < -0.3 is 14.5 Å². The monoisotopic (exact) mass is 200 g/mol. The van der Waals surface area contributed by atoms with Crippen LogP contribution in [0.25, 0.3) is 0 Å². The van der Waals surface area contributed by atoms with Gasteiger partial charge in [-0.3, -0.25) is 4.79 Å². The van der Waals surface area contributed by atoms with Gasteiger partial charge >= 0.3 is 5.97 Å². The van der Waals surface area contributed by atoms with E-state index >= 15 is 0 Å². The number of carboxylic acids is 1. The van der Waals surface area contributed by atoms with E-state index in [1.165, 1.54) is 0 Å². The van der Waals surface area contributed by atoms with E-state index in [1.807, 2.05) is 24.2 Å². The Bertz CT molecular complexity index is 377. The zero-order valence-corrected chi connectivity index (χ0v) is 8.03. The van der Waals surface area contributed by atoms with Crippen molar-refractivity contribution >= 4 is 5.97 Å². The molecule has 0 fully saturated rings. The average Bonchev–Trinajstić information content (AvgIpc) is 2.43. The number of aromatic amines is 1. The molecule has 0 aromatic carbocycles. The quantitative estimate of drug-likeness (QED) is 0.701. The Hall–Kier alpha value is -1.56. The number of H-pyrrole nitrogens is 1. The minimum atomic E-state index is -1.26. The van der Waals surface area contributed by atoms with E-state index in [1.54, 1.807) is 0 Å². The van der Waals surface area contributed by atoms with Crippen molar-refractivity contribution in [1.29, 1.82) is 0 Å². The minimum Gasteiger partial charge on any atom is -0.477 e. The number of likely N-dealkylation sites (N-methyl/N-ethyl adjacent to an activating group) is 1. The third-order valence-electron chi connectivity index (χ3n) is 1.77. The molecule has 6 heteroatoms. The van der Waals surface area contributed by atoms with E-state index in [0.717, 1.165) is 0 Å². The van der Waals surface area contributed by atoms with Crippen molar-refractivity contribution in [3.63, 3.8) is 0 Å². The maximum Gasteiger partial charge on any atom is 0.345 e. The summed E-state index contributed by atoms with van der Waals surface area (Å²) in [5, 5.41) is 10.7. The fourth-order valence-electron chi connectivity index (χ4n) is 1.05. The summed E-state index contributed by atoms with van der Waals surface area (Å²) >= 11 is 0. The molecule has 0 unspecified atom stereocenters. The molecule has 0 atom stereocenters. The molecule has 1 aromatic rings. The van der Waals surface area contributed by atoms with Gasteiger partial charge in [0.05, 0.1) is 0 Å². The van der Waals surface area contributed by atoms with Gasteiger partial charge in [-0.2, -0.15) is 5.16 Å². The summed E-state index contributed by atoms with van der Waals surface area (Å²) in [5.74, 6) is -1.06. The third kappa shape index (κ3) is 2.23. The number of nitrogens with one attached hydrogen (secondary N) is 1. The summed E-state index contributed by atoms with van der Waals surface area (Å²) in [6.45, 7) is 0.626. The van der Waals surface area contributed by atoms with Crippen molar-refractivity contribution in [1.82, 2.24) is 10.1 Å².